The third-order valence-corrected chi connectivity index (χ3v) is 4.81. The topological polar surface area (TPSA) is 74.2 Å². The van der Waals surface area contributed by atoms with Crippen molar-refractivity contribution < 1.29 is 9.90 Å². The number of hydrogen-bond acceptors (Lipinski definition) is 4. The van der Waals surface area contributed by atoms with E-state index in [1.807, 2.05) is 36.6 Å². The molecule has 22 heavy (non-hydrogen) atoms. The lowest BCUT2D eigenvalue weighted by Crippen LogP contribution is -2.44. The van der Waals surface area contributed by atoms with Crippen LogP contribution in [0.15, 0.2) is 29.6 Å². The molecule has 1 aromatic heterocycles. The van der Waals surface area contributed by atoms with E-state index in [1.165, 1.54) is 11.3 Å². The minimum atomic E-state index is -0.995. The second-order valence-electron chi connectivity index (χ2n) is 5.64. The average Bonchev–Trinajstić information content (AvgIpc) is 2.91. The van der Waals surface area contributed by atoms with E-state index < -0.39 is 5.60 Å². The van der Waals surface area contributed by atoms with Gasteiger partial charge in [-0.25, -0.2) is 9.78 Å². The number of aliphatic hydroxyl groups is 1. The number of aromatic nitrogens is 1. The lowest BCUT2D eigenvalue weighted by molar-refractivity contribution is 0.0221. The van der Waals surface area contributed by atoms with Crippen LogP contribution in [0.5, 0.6) is 0 Å². The molecule has 1 atom stereocenters. The van der Waals surface area contributed by atoms with Crippen LogP contribution in [0.1, 0.15) is 29.7 Å². The van der Waals surface area contributed by atoms with Crippen molar-refractivity contribution in [2.75, 3.05) is 11.9 Å². The highest BCUT2D eigenvalue weighted by molar-refractivity contribution is 7.13. The average molecular weight is 317 g/mol. The molecule has 3 rings (SSSR count). The Morgan fingerprint density at radius 1 is 1.45 bits per heavy atom. The Balaban J connectivity index is 1.65. The van der Waals surface area contributed by atoms with Crippen molar-refractivity contribution in [1.29, 1.82) is 0 Å². The summed E-state index contributed by atoms with van der Waals surface area (Å²) >= 11 is 1.38. The van der Waals surface area contributed by atoms with Gasteiger partial charge in [0.2, 0.25) is 0 Å². The summed E-state index contributed by atoms with van der Waals surface area (Å²) in [5.41, 5.74) is 1.96. The molecular weight excluding hydrogens is 298 g/mol. The lowest BCUT2D eigenvalue weighted by atomic mass is 9.79. The molecule has 0 bridgehead atoms. The zero-order chi connectivity index (χ0) is 15.6. The molecule has 116 valence electrons. The van der Waals surface area contributed by atoms with Crippen molar-refractivity contribution in [2.45, 2.75) is 31.8 Å². The summed E-state index contributed by atoms with van der Waals surface area (Å²) in [6, 6.07) is 7.55. The molecular formula is C16H19N3O2S. The molecule has 0 fully saturated rings. The van der Waals surface area contributed by atoms with Gasteiger partial charge in [-0.3, -0.25) is 5.32 Å². The Kier molecular flexibility index (Phi) is 4.13. The number of aryl methyl sites for hydroxylation is 2. The first kappa shape index (κ1) is 15.0. The summed E-state index contributed by atoms with van der Waals surface area (Å²) in [4.78, 5) is 16.1. The van der Waals surface area contributed by atoms with E-state index >= 15 is 0 Å². The molecule has 2 amide bonds. The molecule has 0 radical (unpaired) electrons. The molecule has 5 nitrogen and oxygen atoms in total. The van der Waals surface area contributed by atoms with E-state index in [1.54, 1.807) is 0 Å². The Bertz CT molecular complexity index is 686. The highest BCUT2D eigenvalue weighted by Crippen LogP contribution is 2.34. The van der Waals surface area contributed by atoms with Crippen LogP contribution in [0.4, 0.5) is 9.93 Å². The van der Waals surface area contributed by atoms with Gasteiger partial charge in [-0.15, -0.1) is 11.3 Å². The van der Waals surface area contributed by atoms with Crippen molar-refractivity contribution in [3.63, 3.8) is 0 Å². The number of amides is 2. The predicted molar refractivity (Wildman–Crippen MR) is 87.1 cm³/mol. The molecule has 0 aliphatic heterocycles. The van der Waals surface area contributed by atoms with Crippen LogP contribution in [-0.4, -0.2) is 22.7 Å². The maximum atomic E-state index is 12.0. The van der Waals surface area contributed by atoms with E-state index in [4.69, 9.17) is 0 Å². The predicted octanol–water partition coefficient (Wildman–Crippen LogP) is 2.80. The Morgan fingerprint density at radius 3 is 3.05 bits per heavy atom. The zero-order valence-electron chi connectivity index (χ0n) is 12.4. The number of nitrogens with one attached hydrogen (secondary N) is 2. The summed E-state index contributed by atoms with van der Waals surface area (Å²) in [5.74, 6) is 0. The van der Waals surface area contributed by atoms with Crippen LogP contribution in [0.25, 0.3) is 0 Å². The van der Waals surface area contributed by atoms with Crippen LogP contribution >= 0.6 is 11.3 Å². The van der Waals surface area contributed by atoms with Crippen LogP contribution in [0, 0.1) is 6.92 Å². The van der Waals surface area contributed by atoms with Gasteiger partial charge in [0.1, 0.15) is 5.60 Å². The number of carbonyl (C=O) groups excluding carboxylic acids is 1. The van der Waals surface area contributed by atoms with E-state index in [0.717, 1.165) is 29.7 Å². The van der Waals surface area contributed by atoms with E-state index in [9.17, 15) is 9.90 Å². The number of benzene rings is 1. The fraction of sp³-hybridized carbons (Fsp3) is 0.375. The van der Waals surface area contributed by atoms with Crippen molar-refractivity contribution in [2.24, 2.45) is 0 Å². The summed E-state index contributed by atoms with van der Waals surface area (Å²) in [6.07, 6.45) is 2.55. The van der Waals surface area contributed by atoms with E-state index in [-0.39, 0.29) is 12.6 Å². The van der Waals surface area contributed by atoms with Crippen molar-refractivity contribution in [3.05, 3.63) is 46.5 Å². The summed E-state index contributed by atoms with van der Waals surface area (Å²) in [6.45, 7) is 2.07. The van der Waals surface area contributed by atoms with Crippen LogP contribution in [0.2, 0.25) is 0 Å². The monoisotopic (exact) mass is 317 g/mol. The quantitative estimate of drug-likeness (QED) is 0.815. The standard InChI is InChI=1S/C16H19N3O2S/c1-11-9-22-15(18-11)19-14(20)17-10-16(21)8-4-6-12-5-2-3-7-13(12)16/h2-3,5,7,9,21H,4,6,8,10H2,1H3,(H2,17,18,19,20). The molecule has 3 N–H and O–H groups in total. The Hall–Kier alpha value is -1.92. The first-order valence-corrected chi connectivity index (χ1v) is 8.22. The smallest absolute Gasteiger partial charge is 0.321 e. The number of thiazole rings is 1. The molecule has 0 saturated carbocycles. The van der Waals surface area contributed by atoms with Gasteiger partial charge in [0, 0.05) is 5.38 Å². The molecule has 6 heteroatoms. The maximum Gasteiger partial charge on any atom is 0.321 e. The van der Waals surface area contributed by atoms with Gasteiger partial charge in [0.25, 0.3) is 0 Å². The summed E-state index contributed by atoms with van der Waals surface area (Å²) in [5, 5.41) is 18.8. The molecule has 1 aromatic carbocycles. The SMILES string of the molecule is Cc1csc(NC(=O)NCC2(O)CCCc3ccccc32)n1. The highest BCUT2D eigenvalue weighted by Gasteiger charge is 2.34. The highest BCUT2D eigenvalue weighted by atomic mass is 32.1. The van der Waals surface area contributed by atoms with Gasteiger partial charge in [-0.2, -0.15) is 0 Å². The van der Waals surface area contributed by atoms with Gasteiger partial charge >= 0.3 is 6.03 Å². The fourth-order valence-electron chi connectivity index (χ4n) is 2.86. The van der Waals surface area contributed by atoms with Crippen molar-refractivity contribution >= 4 is 22.5 Å². The molecule has 1 aliphatic rings. The van der Waals surface area contributed by atoms with Crippen LogP contribution in [0.3, 0.4) is 0 Å². The number of fused-ring (bicyclic) bond motifs is 1. The van der Waals surface area contributed by atoms with Crippen LogP contribution in [-0.2, 0) is 12.0 Å². The van der Waals surface area contributed by atoms with Gasteiger partial charge in [0.15, 0.2) is 5.13 Å². The van der Waals surface area contributed by atoms with Gasteiger partial charge < -0.3 is 10.4 Å². The molecule has 0 spiro atoms. The molecule has 1 unspecified atom stereocenters. The zero-order valence-corrected chi connectivity index (χ0v) is 13.2. The minimum absolute atomic E-state index is 0.195. The number of hydrogen-bond donors (Lipinski definition) is 3. The molecule has 0 saturated heterocycles. The number of urea groups is 1. The van der Waals surface area contributed by atoms with Gasteiger partial charge in [-0.05, 0) is 37.3 Å². The lowest BCUT2D eigenvalue weighted by Gasteiger charge is -2.34. The maximum absolute atomic E-state index is 12.0. The molecule has 1 heterocycles. The van der Waals surface area contributed by atoms with Gasteiger partial charge in [-0.1, -0.05) is 24.3 Å². The van der Waals surface area contributed by atoms with Crippen LogP contribution < -0.4 is 10.6 Å². The fourth-order valence-corrected chi connectivity index (χ4v) is 3.54. The van der Waals surface area contributed by atoms with E-state index in [2.05, 4.69) is 15.6 Å². The Morgan fingerprint density at radius 2 is 2.27 bits per heavy atom. The summed E-state index contributed by atoms with van der Waals surface area (Å²) in [7, 11) is 0. The van der Waals surface area contributed by atoms with Crippen molar-refractivity contribution in [1.82, 2.24) is 10.3 Å². The first-order chi connectivity index (χ1) is 10.6. The molecule has 2 aromatic rings. The second-order valence-corrected chi connectivity index (χ2v) is 6.50. The third kappa shape index (κ3) is 3.13. The van der Waals surface area contributed by atoms with Gasteiger partial charge in [0.05, 0.1) is 12.2 Å². The Labute approximate surface area is 133 Å². The summed E-state index contributed by atoms with van der Waals surface area (Å²) < 4.78 is 0. The van der Waals surface area contributed by atoms with E-state index in [0.29, 0.717) is 11.6 Å². The third-order valence-electron chi connectivity index (χ3n) is 3.94. The first-order valence-electron chi connectivity index (χ1n) is 7.35. The largest absolute Gasteiger partial charge is 0.383 e. The molecule has 1 aliphatic carbocycles. The number of anilines is 1. The normalized spacial score (nSPS) is 20.3. The number of nitrogens with zero attached hydrogens (tertiary/aromatic N) is 1. The number of carbonyl (C=O) groups is 1. The second kappa shape index (κ2) is 6.06. The van der Waals surface area contributed by atoms with Crippen molar-refractivity contribution in [3.8, 4) is 0 Å². The number of rotatable bonds is 3. The minimum Gasteiger partial charge on any atom is -0.383 e.